The van der Waals surface area contributed by atoms with E-state index >= 15 is 0 Å². The lowest BCUT2D eigenvalue weighted by atomic mass is 10.1. The summed E-state index contributed by atoms with van der Waals surface area (Å²) in [5.74, 6) is 2.28. The minimum Gasteiger partial charge on any atom is -0.489 e. The number of halogens is 1. The molecule has 6 nitrogen and oxygen atoms in total. The highest BCUT2D eigenvalue weighted by molar-refractivity contribution is 14.0. The molecule has 2 unspecified atom stereocenters. The second-order valence-electron chi connectivity index (χ2n) is 7.05. The predicted molar refractivity (Wildman–Crippen MR) is 125 cm³/mol. The van der Waals surface area contributed by atoms with Crippen molar-refractivity contribution in [2.75, 3.05) is 46.1 Å². The molecule has 2 atom stereocenters. The minimum absolute atomic E-state index is 0. The van der Waals surface area contributed by atoms with E-state index in [1.54, 1.807) is 0 Å². The number of hydrogen-bond acceptors (Lipinski definition) is 4. The van der Waals surface area contributed by atoms with Crippen molar-refractivity contribution < 1.29 is 14.2 Å². The number of hydrogen-bond donors (Lipinski definition) is 2. The molecule has 0 saturated carbocycles. The van der Waals surface area contributed by atoms with E-state index in [1.165, 1.54) is 5.56 Å². The number of rotatable bonds is 11. The van der Waals surface area contributed by atoms with Crippen LogP contribution in [0, 0.1) is 12.8 Å². The maximum atomic E-state index is 5.91. The van der Waals surface area contributed by atoms with Crippen LogP contribution in [-0.4, -0.2) is 58.1 Å². The van der Waals surface area contributed by atoms with E-state index in [0.29, 0.717) is 12.5 Å². The zero-order valence-corrected chi connectivity index (χ0v) is 19.7. The lowest BCUT2D eigenvalue weighted by molar-refractivity contribution is 0.0888. The molecule has 0 aliphatic carbocycles. The summed E-state index contributed by atoms with van der Waals surface area (Å²) in [5, 5.41) is 6.63. The Morgan fingerprint density at radius 3 is 2.75 bits per heavy atom. The summed E-state index contributed by atoms with van der Waals surface area (Å²) >= 11 is 0. The van der Waals surface area contributed by atoms with E-state index < -0.39 is 0 Å². The van der Waals surface area contributed by atoms with Crippen LogP contribution in [0.25, 0.3) is 0 Å². The van der Waals surface area contributed by atoms with Crippen LogP contribution in [0.2, 0.25) is 0 Å². The van der Waals surface area contributed by atoms with Crippen LogP contribution in [0.4, 0.5) is 0 Å². The van der Waals surface area contributed by atoms with Crippen molar-refractivity contribution in [1.29, 1.82) is 0 Å². The van der Waals surface area contributed by atoms with Gasteiger partial charge in [0.2, 0.25) is 0 Å². The first-order valence-electron chi connectivity index (χ1n) is 10.1. The number of benzene rings is 1. The summed E-state index contributed by atoms with van der Waals surface area (Å²) in [6.45, 7) is 11.7. The van der Waals surface area contributed by atoms with Gasteiger partial charge in [0.25, 0.3) is 0 Å². The summed E-state index contributed by atoms with van der Waals surface area (Å²) in [4.78, 5) is 4.62. The van der Waals surface area contributed by atoms with Crippen molar-refractivity contribution in [3.63, 3.8) is 0 Å². The van der Waals surface area contributed by atoms with Crippen molar-refractivity contribution in [3.8, 4) is 5.75 Å². The molecule has 0 radical (unpaired) electrons. The van der Waals surface area contributed by atoms with E-state index in [2.05, 4.69) is 41.6 Å². The molecule has 0 bridgehead atoms. The van der Waals surface area contributed by atoms with Crippen LogP contribution in [0.5, 0.6) is 5.75 Å². The van der Waals surface area contributed by atoms with Crippen LogP contribution in [0.1, 0.15) is 32.3 Å². The minimum atomic E-state index is 0. The lowest BCUT2D eigenvalue weighted by Crippen LogP contribution is -2.38. The van der Waals surface area contributed by atoms with Gasteiger partial charge in [-0.3, -0.25) is 0 Å². The Hall–Kier alpha value is -1.06. The highest BCUT2D eigenvalue weighted by Crippen LogP contribution is 2.13. The van der Waals surface area contributed by atoms with Crippen LogP contribution in [0.3, 0.4) is 0 Å². The number of nitrogens with one attached hydrogen (secondary N) is 2. The zero-order chi connectivity index (χ0) is 19.3. The van der Waals surface area contributed by atoms with Gasteiger partial charge < -0.3 is 24.8 Å². The molecule has 1 aromatic carbocycles. The topological polar surface area (TPSA) is 64.1 Å². The van der Waals surface area contributed by atoms with Gasteiger partial charge in [0.15, 0.2) is 5.96 Å². The smallest absolute Gasteiger partial charge is 0.191 e. The molecule has 7 heteroatoms. The van der Waals surface area contributed by atoms with Crippen molar-refractivity contribution in [1.82, 2.24) is 10.6 Å². The molecule has 1 aliphatic rings. The Labute approximate surface area is 186 Å². The number of aryl methyl sites for hydroxylation is 1. The summed E-state index contributed by atoms with van der Waals surface area (Å²) < 4.78 is 17.0. The van der Waals surface area contributed by atoms with Gasteiger partial charge in [0, 0.05) is 32.2 Å². The van der Waals surface area contributed by atoms with Gasteiger partial charge >= 0.3 is 0 Å². The van der Waals surface area contributed by atoms with Crippen LogP contribution >= 0.6 is 24.0 Å². The Kier molecular flexibility index (Phi) is 13.3. The van der Waals surface area contributed by atoms with Crippen molar-refractivity contribution in [2.45, 2.75) is 39.7 Å². The van der Waals surface area contributed by atoms with E-state index in [9.17, 15) is 0 Å². The number of nitrogens with zero attached hydrogens (tertiary/aromatic N) is 1. The SMILES string of the molecule is CCNC(=NCC(C)Oc1ccc(C)cc1)NCCCOCC1CCOC1.I. The Morgan fingerprint density at radius 2 is 2.07 bits per heavy atom. The second-order valence-corrected chi connectivity index (χ2v) is 7.05. The maximum absolute atomic E-state index is 5.91. The van der Waals surface area contributed by atoms with Crippen molar-refractivity contribution >= 4 is 29.9 Å². The van der Waals surface area contributed by atoms with E-state index in [1.807, 2.05) is 19.1 Å². The van der Waals surface area contributed by atoms with E-state index in [4.69, 9.17) is 14.2 Å². The van der Waals surface area contributed by atoms with Gasteiger partial charge in [-0.2, -0.15) is 0 Å². The average molecular weight is 505 g/mol. The highest BCUT2D eigenvalue weighted by Gasteiger charge is 2.15. The Bertz CT molecular complexity index is 548. The number of guanidine groups is 1. The fraction of sp³-hybridized carbons (Fsp3) is 0.667. The summed E-state index contributed by atoms with van der Waals surface area (Å²) in [7, 11) is 0. The summed E-state index contributed by atoms with van der Waals surface area (Å²) in [5.41, 5.74) is 1.23. The van der Waals surface area contributed by atoms with Gasteiger partial charge in [-0.05, 0) is 45.7 Å². The van der Waals surface area contributed by atoms with Crippen molar-refractivity contribution in [3.05, 3.63) is 29.8 Å². The third-order valence-corrected chi connectivity index (χ3v) is 4.34. The van der Waals surface area contributed by atoms with E-state index in [0.717, 1.165) is 64.1 Å². The maximum Gasteiger partial charge on any atom is 0.191 e. The van der Waals surface area contributed by atoms with Gasteiger partial charge in [-0.1, -0.05) is 17.7 Å². The van der Waals surface area contributed by atoms with Gasteiger partial charge in [0.1, 0.15) is 11.9 Å². The average Bonchev–Trinajstić information content (AvgIpc) is 3.18. The second kappa shape index (κ2) is 14.9. The highest BCUT2D eigenvalue weighted by atomic mass is 127. The third-order valence-electron chi connectivity index (χ3n) is 4.34. The first-order valence-corrected chi connectivity index (χ1v) is 10.1. The zero-order valence-electron chi connectivity index (χ0n) is 17.4. The number of ether oxygens (including phenoxy) is 3. The van der Waals surface area contributed by atoms with Gasteiger partial charge in [0.05, 0.1) is 19.8 Å². The molecule has 1 heterocycles. The fourth-order valence-corrected chi connectivity index (χ4v) is 2.79. The first kappa shape index (κ1) is 25.0. The molecule has 0 aromatic heterocycles. The summed E-state index contributed by atoms with van der Waals surface area (Å²) in [6, 6.07) is 8.10. The quantitative estimate of drug-likeness (QED) is 0.209. The molecule has 2 N–H and O–H groups in total. The number of aliphatic imine (C=N–C) groups is 1. The molecule has 1 aliphatic heterocycles. The predicted octanol–water partition coefficient (Wildman–Crippen LogP) is 3.38. The van der Waals surface area contributed by atoms with Crippen LogP contribution in [-0.2, 0) is 9.47 Å². The van der Waals surface area contributed by atoms with Crippen LogP contribution < -0.4 is 15.4 Å². The monoisotopic (exact) mass is 505 g/mol. The molecular weight excluding hydrogens is 469 g/mol. The van der Waals surface area contributed by atoms with E-state index in [-0.39, 0.29) is 30.1 Å². The Morgan fingerprint density at radius 1 is 1.29 bits per heavy atom. The van der Waals surface area contributed by atoms with Gasteiger partial charge in [-0.15, -0.1) is 24.0 Å². The molecule has 1 aromatic rings. The molecule has 0 spiro atoms. The normalized spacial score (nSPS) is 17.7. The largest absolute Gasteiger partial charge is 0.489 e. The molecule has 1 saturated heterocycles. The third kappa shape index (κ3) is 10.5. The lowest BCUT2D eigenvalue weighted by Gasteiger charge is -2.15. The molecule has 160 valence electrons. The standard InChI is InChI=1S/C21H35N3O3.HI/c1-4-22-21(23-11-5-12-25-15-19-10-13-26-16-19)24-14-18(3)27-20-8-6-17(2)7-9-20;/h6-9,18-19H,4-5,10-16H2,1-3H3,(H2,22,23,24);1H. The summed E-state index contributed by atoms with van der Waals surface area (Å²) in [6.07, 6.45) is 2.09. The first-order chi connectivity index (χ1) is 13.2. The molecule has 0 amide bonds. The molecule has 28 heavy (non-hydrogen) atoms. The molecule has 1 fully saturated rings. The molecule has 2 rings (SSSR count). The fourth-order valence-electron chi connectivity index (χ4n) is 2.79. The van der Waals surface area contributed by atoms with Gasteiger partial charge in [-0.25, -0.2) is 4.99 Å². The van der Waals surface area contributed by atoms with Crippen molar-refractivity contribution in [2.24, 2.45) is 10.9 Å². The van der Waals surface area contributed by atoms with Crippen LogP contribution in [0.15, 0.2) is 29.3 Å². The molecular formula is C21H36IN3O3. The Balaban J connectivity index is 0.00000392.